The van der Waals surface area contributed by atoms with E-state index >= 15 is 0 Å². The van der Waals surface area contributed by atoms with Crippen molar-refractivity contribution in [3.05, 3.63) is 188 Å². The van der Waals surface area contributed by atoms with E-state index < -0.39 is 0 Å². The Kier molecular flexibility index (Phi) is 6.85. The van der Waals surface area contributed by atoms with Gasteiger partial charge in [-0.2, -0.15) is 0 Å². The lowest BCUT2D eigenvalue weighted by Crippen LogP contribution is -2.37. The summed E-state index contributed by atoms with van der Waals surface area (Å²) in [5.41, 5.74) is 8.61. The van der Waals surface area contributed by atoms with Gasteiger partial charge in [0, 0.05) is 39.6 Å². The molecule has 2 aromatic heterocycles. The summed E-state index contributed by atoms with van der Waals surface area (Å²) in [6.07, 6.45) is 18.5. The van der Waals surface area contributed by atoms with Crippen LogP contribution in [0.25, 0.3) is 88.2 Å². The molecule has 9 aromatic rings. The molecule has 0 amide bonds. The van der Waals surface area contributed by atoms with Crippen LogP contribution in [0.2, 0.25) is 0 Å². The molecule has 0 N–H and O–H groups in total. The molecule has 264 valence electrons. The first-order valence-electron chi connectivity index (χ1n) is 19.5. The molecular weight excluding hydrogens is 683 g/mol. The number of hydrogen-bond acceptors (Lipinski definition) is 4. The molecule has 0 bridgehead atoms. The van der Waals surface area contributed by atoms with E-state index in [-0.39, 0.29) is 12.1 Å². The van der Waals surface area contributed by atoms with Crippen molar-refractivity contribution >= 4 is 60.1 Å². The van der Waals surface area contributed by atoms with E-state index in [2.05, 4.69) is 157 Å². The first kappa shape index (κ1) is 31.3. The molecule has 7 aromatic carbocycles. The third kappa shape index (κ3) is 4.66. The molecule has 1 fully saturated rings. The Hall–Kier alpha value is -7.04. The van der Waals surface area contributed by atoms with Crippen LogP contribution in [0.1, 0.15) is 0 Å². The molecule has 0 spiro atoms. The number of benzene rings is 7. The largest absolute Gasteiger partial charge is 0.452 e. The number of hydrogen-bond donors (Lipinski definition) is 0. The molecule has 1 saturated heterocycles. The van der Waals surface area contributed by atoms with Crippen molar-refractivity contribution in [3.63, 3.8) is 0 Å². The molecule has 4 heteroatoms. The monoisotopic (exact) mass is 717 g/mol. The van der Waals surface area contributed by atoms with Crippen LogP contribution in [-0.4, -0.2) is 22.1 Å². The fraction of sp³-hybridized carbons (Fsp3) is 0.0769. The quantitative estimate of drug-likeness (QED) is 0.170. The van der Waals surface area contributed by atoms with E-state index in [0.717, 1.165) is 38.9 Å². The second-order valence-corrected chi connectivity index (χ2v) is 15.2. The summed E-state index contributed by atoms with van der Waals surface area (Å²) >= 11 is 0. The molecule has 3 heterocycles. The maximum atomic E-state index is 6.70. The number of nitrogens with zero attached hydrogens (tertiary/aromatic N) is 3. The second kappa shape index (κ2) is 12.2. The molecule has 1 aliphatic heterocycles. The Morgan fingerprint density at radius 2 is 1.00 bits per heavy atom. The van der Waals surface area contributed by atoms with Gasteiger partial charge in [-0.15, -0.1) is 0 Å². The molecule has 4 atom stereocenters. The molecule has 4 nitrogen and oxygen atoms in total. The molecule has 12 rings (SSSR count). The lowest BCUT2D eigenvalue weighted by molar-refractivity contribution is 0.527. The van der Waals surface area contributed by atoms with E-state index in [9.17, 15) is 0 Å². The number of allylic oxidation sites excluding steroid dienone is 4. The van der Waals surface area contributed by atoms with E-state index in [4.69, 9.17) is 14.4 Å². The molecule has 2 aliphatic carbocycles. The van der Waals surface area contributed by atoms with Gasteiger partial charge in [-0.3, -0.25) is 0 Å². The normalized spacial score (nSPS) is 19.8. The first-order chi connectivity index (χ1) is 27.8. The van der Waals surface area contributed by atoms with Gasteiger partial charge in [0.2, 0.25) is 0 Å². The van der Waals surface area contributed by atoms with Crippen molar-refractivity contribution in [2.45, 2.75) is 12.1 Å². The maximum absolute atomic E-state index is 6.70. The van der Waals surface area contributed by atoms with Gasteiger partial charge >= 0.3 is 0 Å². The second-order valence-electron chi connectivity index (χ2n) is 15.2. The van der Waals surface area contributed by atoms with E-state index in [1.807, 2.05) is 36.4 Å². The molecule has 3 aliphatic rings. The summed E-state index contributed by atoms with van der Waals surface area (Å²) in [6.45, 7) is 0. The Morgan fingerprint density at radius 1 is 0.446 bits per heavy atom. The molecule has 0 saturated carbocycles. The average Bonchev–Trinajstić information content (AvgIpc) is 3.82. The number of anilines is 1. The van der Waals surface area contributed by atoms with Crippen LogP contribution in [0.4, 0.5) is 5.69 Å². The zero-order valence-electron chi connectivity index (χ0n) is 30.5. The van der Waals surface area contributed by atoms with Gasteiger partial charge < -0.3 is 9.32 Å². The van der Waals surface area contributed by atoms with Crippen LogP contribution in [0.3, 0.4) is 0 Å². The Labute approximate surface area is 324 Å². The Bertz CT molecular complexity index is 3140. The van der Waals surface area contributed by atoms with Crippen molar-refractivity contribution in [2.24, 2.45) is 11.8 Å². The lowest BCUT2D eigenvalue weighted by Gasteiger charge is -2.34. The summed E-state index contributed by atoms with van der Waals surface area (Å²) in [6, 6.07) is 50.3. The van der Waals surface area contributed by atoms with Crippen LogP contribution < -0.4 is 4.90 Å². The number of furan rings is 1. The predicted molar refractivity (Wildman–Crippen MR) is 232 cm³/mol. The van der Waals surface area contributed by atoms with Gasteiger partial charge in [-0.1, -0.05) is 164 Å². The van der Waals surface area contributed by atoms with Gasteiger partial charge in [0.25, 0.3) is 0 Å². The topological polar surface area (TPSA) is 42.2 Å². The van der Waals surface area contributed by atoms with E-state index in [1.54, 1.807) is 0 Å². The summed E-state index contributed by atoms with van der Waals surface area (Å²) in [7, 11) is 0. The lowest BCUT2D eigenvalue weighted by atomic mass is 9.83. The number of rotatable bonds is 4. The number of aromatic nitrogens is 2. The van der Waals surface area contributed by atoms with Crippen molar-refractivity contribution in [1.82, 2.24) is 9.97 Å². The fourth-order valence-corrected chi connectivity index (χ4v) is 9.72. The summed E-state index contributed by atoms with van der Waals surface area (Å²) in [5.74, 6) is 1.44. The maximum Gasteiger partial charge on any atom is 0.180 e. The van der Waals surface area contributed by atoms with Crippen LogP contribution in [0, 0.1) is 11.8 Å². The average molecular weight is 718 g/mol. The highest BCUT2D eigenvalue weighted by Crippen LogP contribution is 2.50. The SMILES string of the molecule is C1=CC2C3C=CC=CC3N(c3cc4c5ccccc5c5ccccc5c4cc3-c3ccc4oc5c(-c6ccccc6)nc(-c6ccccc6)nc5c4c3)C2C=C1. The number of fused-ring (bicyclic) bond motifs is 12. The molecular formula is C52H35N3O. The molecule has 4 unspecified atom stereocenters. The van der Waals surface area contributed by atoms with Crippen LogP contribution in [0.5, 0.6) is 0 Å². The standard InChI is InChI=1S/C52H35N3O/c1-3-15-32(16-4-1)49-51-50(54-52(53-49)33-17-5-2-6-18-33)44-29-34(27-28-48(44)56-51)41-30-42-37-21-9-7-19-35(37)36-20-8-10-22-38(36)43(42)31-47(41)55-45-25-13-11-23-39(45)40-24-12-14-26-46(40)55/h1-31,39-40,45-46H. The minimum Gasteiger partial charge on any atom is -0.452 e. The van der Waals surface area contributed by atoms with Gasteiger partial charge in [0.05, 0.1) is 12.1 Å². The Morgan fingerprint density at radius 3 is 1.64 bits per heavy atom. The minimum absolute atomic E-state index is 0.221. The zero-order chi connectivity index (χ0) is 36.7. The van der Waals surface area contributed by atoms with E-state index in [1.165, 1.54) is 43.6 Å². The van der Waals surface area contributed by atoms with Crippen molar-refractivity contribution in [2.75, 3.05) is 4.90 Å². The third-order valence-corrected chi connectivity index (χ3v) is 12.2. The molecule has 56 heavy (non-hydrogen) atoms. The van der Waals surface area contributed by atoms with Gasteiger partial charge in [0.1, 0.15) is 16.8 Å². The fourth-order valence-electron chi connectivity index (χ4n) is 9.72. The highest BCUT2D eigenvalue weighted by atomic mass is 16.3. The van der Waals surface area contributed by atoms with Crippen molar-refractivity contribution < 1.29 is 4.42 Å². The van der Waals surface area contributed by atoms with Gasteiger partial charge in [-0.25, -0.2) is 9.97 Å². The predicted octanol–water partition coefficient (Wildman–Crippen LogP) is 12.9. The summed E-state index contributed by atoms with van der Waals surface area (Å²) in [5, 5.41) is 8.57. The first-order valence-corrected chi connectivity index (χ1v) is 19.5. The van der Waals surface area contributed by atoms with Gasteiger partial charge in [0.15, 0.2) is 11.4 Å². The summed E-state index contributed by atoms with van der Waals surface area (Å²) < 4.78 is 6.70. The highest BCUT2D eigenvalue weighted by Gasteiger charge is 2.46. The van der Waals surface area contributed by atoms with Crippen molar-refractivity contribution in [1.29, 1.82) is 0 Å². The van der Waals surface area contributed by atoms with Crippen molar-refractivity contribution in [3.8, 4) is 33.8 Å². The van der Waals surface area contributed by atoms with Crippen LogP contribution in [-0.2, 0) is 0 Å². The highest BCUT2D eigenvalue weighted by molar-refractivity contribution is 6.26. The summed E-state index contributed by atoms with van der Waals surface area (Å²) in [4.78, 5) is 13.0. The zero-order valence-corrected chi connectivity index (χ0v) is 30.5. The van der Waals surface area contributed by atoms with Gasteiger partial charge in [-0.05, 0) is 62.1 Å². The van der Waals surface area contributed by atoms with Crippen LogP contribution in [0.15, 0.2) is 193 Å². The molecule has 0 radical (unpaired) electrons. The smallest absolute Gasteiger partial charge is 0.180 e. The third-order valence-electron chi connectivity index (χ3n) is 12.2. The van der Waals surface area contributed by atoms with E-state index in [0.29, 0.717) is 23.2 Å². The van der Waals surface area contributed by atoms with Crippen LogP contribution >= 0.6 is 0 Å². The Balaban J connectivity index is 1.16. The minimum atomic E-state index is 0.221.